The second-order valence-electron chi connectivity index (χ2n) is 4.10. The van der Waals surface area contributed by atoms with Gasteiger partial charge in [0.2, 0.25) is 0 Å². The third-order valence-electron chi connectivity index (χ3n) is 2.68. The summed E-state index contributed by atoms with van der Waals surface area (Å²) in [6.45, 7) is 2.14. The molecule has 1 aromatic carbocycles. The first-order chi connectivity index (χ1) is 9.70. The third kappa shape index (κ3) is 3.83. The summed E-state index contributed by atoms with van der Waals surface area (Å²) in [5.74, 6) is 0. The number of methoxy groups -OCH3 is 1. The van der Waals surface area contributed by atoms with Crippen molar-refractivity contribution in [3.8, 4) is 11.3 Å². The van der Waals surface area contributed by atoms with E-state index in [4.69, 9.17) is 4.74 Å². The first-order valence-corrected chi connectivity index (χ1v) is 6.97. The lowest BCUT2D eigenvalue weighted by Crippen LogP contribution is -2.18. The molecule has 0 atom stereocenters. The van der Waals surface area contributed by atoms with Gasteiger partial charge in [0.15, 0.2) is 0 Å². The average Bonchev–Trinajstić information content (AvgIpc) is 2.92. The lowest BCUT2D eigenvalue weighted by atomic mass is 10.1. The maximum Gasteiger partial charge on any atom is 0.269 e. The van der Waals surface area contributed by atoms with Gasteiger partial charge in [-0.05, 0) is 12.1 Å². The number of nitro benzene ring substituents is 1. The largest absolute Gasteiger partial charge is 0.383 e. The number of non-ortho nitro benzene ring substituents is 1. The van der Waals surface area contributed by atoms with E-state index in [1.54, 1.807) is 30.6 Å². The van der Waals surface area contributed by atoms with Crippen molar-refractivity contribution in [3.05, 3.63) is 44.8 Å². The van der Waals surface area contributed by atoms with Crippen LogP contribution in [0.2, 0.25) is 0 Å². The Bertz CT molecular complexity index is 568. The van der Waals surface area contributed by atoms with E-state index in [0.29, 0.717) is 13.2 Å². The second kappa shape index (κ2) is 7.09. The highest BCUT2D eigenvalue weighted by atomic mass is 32.1. The number of benzene rings is 1. The number of aromatic nitrogens is 1. The van der Waals surface area contributed by atoms with Crippen molar-refractivity contribution in [2.24, 2.45) is 0 Å². The lowest BCUT2D eigenvalue weighted by Gasteiger charge is -2.00. The number of nitrogens with zero attached hydrogens (tertiary/aromatic N) is 2. The molecule has 2 aromatic rings. The Labute approximate surface area is 120 Å². The van der Waals surface area contributed by atoms with Crippen molar-refractivity contribution in [1.82, 2.24) is 10.3 Å². The van der Waals surface area contributed by atoms with Crippen LogP contribution in [0.15, 0.2) is 29.6 Å². The van der Waals surface area contributed by atoms with Crippen LogP contribution in [0.3, 0.4) is 0 Å². The van der Waals surface area contributed by atoms with Crippen LogP contribution in [0.4, 0.5) is 5.69 Å². The van der Waals surface area contributed by atoms with E-state index in [2.05, 4.69) is 10.3 Å². The van der Waals surface area contributed by atoms with E-state index in [9.17, 15) is 10.1 Å². The summed E-state index contributed by atoms with van der Waals surface area (Å²) in [5, 5.41) is 16.8. The Morgan fingerprint density at radius 2 is 2.15 bits per heavy atom. The van der Waals surface area contributed by atoms with Crippen LogP contribution in [0, 0.1) is 10.1 Å². The summed E-state index contributed by atoms with van der Waals surface area (Å²) in [6, 6.07) is 6.42. The van der Waals surface area contributed by atoms with Crippen LogP contribution in [0.5, 0.6) is 0 Å². The molecule has 20 heavy (non-hydrogen) atoms. The van der Waals surface area contributed by atoms with Crippen LogP contribution < -0.4 is 5.32 Å². The van der Waals surface area contributed by atoms with Gasteiger partial charge >= 0.3 is 0 Å². The molecule has 0 spiro atoms. The molecule has 0 unspecified atom stereocenters. The van der Waals surface area contributed by atoms with Gasteiger partial charge in [-0.25, -0.2) is 4.98 Å². The molecule has 2 rings (SSSR count). The minimum absolute atomic E-state index is 0.0884. The highest BCUT2D eigenvalue weighted by Crippen LogP contribution is 2.24. The van der Waals surface area contributed by atoms with Gasteiger partial charge in [0.05, 0.1) is 17.2 Å². The Morgan fingerprint density at radius 1 is 1.40 bits per heavy atom. The molecule has 0 aliphatic carbocycles. The van der Waals surface area contributed by atoms with Crippen molar-refractivity contribution >= 4 is 17.0 Å². The van der Waals surface area contributed by atoms with Crippen LogP contribution in [-0.4, -0.2) is 30.2 Å². The van der Waals surface area contributed by atoms with Crippen LogP contribution in [-0.2, 0) is 11.3 Å². The van der Waals surface area contributed by atoms with E-state index < -0.39 is 4.92 Å². The minimum atomic E-state index is -0.407. The minimum Gasteiger partial charge on any atom is -0.383 e. The predicted octanol–water partition coefficient (Wildman–Crippen LogP) is 2.45. The fraction of sp³-hybridized carbons (Fsp3) is 0.308. The fourth-order valence-electron chi connectivity index (χ4n) is 1.65. The quantitative estimate of drug-likeness (QED) is 0.482. The van der Waals surface area contributed by atoms with E-state index in [-0.39, 0.29) is 5.69 Å². The standard InChI is InChI=1S/C13H15N3O3S/c1-19-7-6-14-8-13-15-12(9-20-13)10-2-4-11(5-3-10)16(17)18/h2-5,9,14H,6-8H2,1H3. The molecule has 106 valence electrons. The topological polar surface area (TPSA) is 77.3 Å². The van der Waals surface area contributed by atoms with Crippen molar-refractivity contribution in [3.63, 3.8) is 0 Å². The van der Waals surface area contributed by atoms with Gasteiger partial charge in [0.1, 0.15) is 5.01 Å². The molecule has 6 nitrogen and oxygen atoms in total. The molecule has 0 fully saturated rings. The molecule has 0 bridgehead atoms. The second-order valence-corrected chi connectivity index (χ2v) is 5.04. The van der Waals surface area contributed by atoms with Crippen LogP contribution >= 0.6 is 11.3 Å². The Balaban J connectivity index is 1.99. The predicted molar refractivity (Wildman–Crippen MR) is 77.8 cm³/mol. The van der Waals surface area contributed by atoms with Gasteiger partial charge in [-0.3, -0.25) is 10.1 Å². The zero-order valence-electron chi connectivity index (χ0n) is 11.0. The molecule has 0 radical (unpaired) electrons. The molecule has 0 amide bonds. The number of hydrogen-bond donors (Lipinski definition) is 1. The molecule has 7 heteroatoms. The first-order valence-electron chi connectivity index (χ1n) is 6.09. The molecule has 1 heterocycles. The van der Waals surface area contributed by atoms with Crippen molar-refractivity contribution in [2.45, 2.75) is 6.54 Å². The average molecular weight is 293 g/mol. The summed E-state index contributed by atoms with van der Waals surface area (Å²) in [6.07, 6.45) is 0. The van der Waals surface area contributed by atoms with E-state index in [1.807, 2.05) is 5.38 Å². The fourth-order valence-corrected chi connectivity index (χ4v) is 2.42. The summed E-state index contributed by atoms with van der Waals surface area (Å²) in [5.41, 5.74) is 1.81. The van der Waals surface area contributed by atoms with E-state index in [1.165, 1.54) is 12.1 Å². The molecule has 0 saturated heterocycles. The van der Waals surface area contributed by atoms with Gasteiger partial charge in [-0.1, -0.05) is 0 Å². The van der Waals surface area contributed by atoms with Gasteiger partial charge in [0.25, 0.3) is 5.69 Å². The number of ether oxygens (including phenoxy) is 1. The molecule has 1 N–H and O–H groups in total. The van der Waals surface area contributed by atoms with Gasteiger partial charge in [0, 0.05) is 43.3 Å². The van der Waals surface area contributed by atoms with E-state index in [0.717, 1.165) is 22.8 Å². The Morgan fingerprint density at radius 3 is 2.80 bits per heavy atom. The number of rotatable bonds is 7. The van der Waals surface area contributed by atoms with Crippen molar-refractivity contribution in [1.29, 1.82) is 0 Å². The summed E-state index contributed by atoms with van der Waals surface area (Å²) >= 11 is 1.56. The summed E-state index contributed by atoms with van der Waals surface area (Å²) in [7, 11) is 1.66. The number of thiazole rings is 1. The van der Waals surface area contributed by atoms with Gasteiger partial charge in [-0.15, -0.1) is 11.3 Å². The normalized spacial score (nSPS) is 10.7. The third-order valence-corrected chi connectivity index (χ3v) is 3.53. The Kier molecular flexibility index (Phi) is 5.16. The molecular formula is C13H15N3O3S. The van der Waals surface area contributed by atoms with Crippen molar-refractivity contribution in [2.75, 3.05) is 20.3 Å². The molecule has 0 aliphatic heterocycles. The smallest absolute Gasteiger partial charge is 0.269 e. The molecule has 1 aromatic heterocycles. The zero-order valence-corrected chi connectivity index (χ0v) is 11.9. The van der Waals surface area contributed by atoms with Crippen LogP contribution in [0.25, 0.3) is 11.3 Å². The highest BCUT2D eigenvalue weighted by Gasteiger charge is 2.08. The van der Waals surface area contributed by atoms with Crippen molar-refractivity contribution < 1.29 is 9.66 Å². The maximum atomic E-state index is 10.6. The monoisotopic (exact) mass is 293 g/mol. The summed E-state index contributed by atoms with van der Waals surface area (Å²) in [4.78, 5) is 14.7. The van der Waals surface area contributed by atoms with Gasteiger partial charge in [-0.2, -0.15) is 0 Å². The highest BCUT2D eigenvalue weighted by molar-refractivity contribution is 7.09. The SMILES string of the molecule is COCCNCc1nc(-c2ccc([N+](=O)[O-])cc2)cs1. The zero-order chi connectivity index (χ0) is 14.4. The number of nitrogens with one attached hydrogen (secondary N) is 1. The van der Waals surface area contributed by atoms with Gasteiger partial charge < -0.3 is 10.1 Å². The molecule has 0 aliphatic rings. The van der Waals surface area contributed by atoms with E-state index >= 15 is 0 Å². The van der Waals surface area contributed by atoms with Crippen LogP contribution in [0.1, 0.15) is 5.01 Å². The lowest BCUT2D eigenvalue weighted by molar-refractivity contribution is -0.384. The first kappa shape index (κ1) is 14.6. The molecule has 0 saturated carbocycles. The summed E-state index contributed by atoms with van der Waals surface area (Å²) < 4.78 is 4.95. The number of hydrogen-bond acceptors (Lipinski definition) is 6. The number of nitro groups is 1. The molecular weight excluding hydrogens is 278 g/mol. The maximum absolute atomic E-state index is 10.6. The Hall–Kier alpha value is -1.83.